The predicted molar refractivity (Wildman–Crippen MR) is 69.2 cm³/mol. The second-order valence-electron chi connectivity index (χ2n) is 4.37. The van der Waals surface area contributed by atoms with Gasteiger partial charge in [-0.05, 0) is 48.0 Å². The average Bonchev–Trinajstić information content (AvgIpc) is 2.57. The van der Waals surface area contributed by atoms with Crippen LogP contribution in [0.15, 0.2) is 15.9 Å². The van der Waals surface area contributed by atoms with Gasteiger partial charge in [-0.2, -0.15) is 0 Å². The second-order valence-corrected chi connectivity index (χ2v) is 6.86. The van der Waals surface area contributed by atoms with Crippen LogP contribution in [0.4, 0.5) is 0 Å². The summed E-state index contributed by atoms with van der Waals surface area (Å²) >= 11 is 5.26. The minimum absolute atomic E-state index is 0.190. The smallest absolute Gasteiger partial charge is 0.0701 e. The van der Waals surface area contributed by atoms with E-state index in [9.17, 15) is 0 Å². The molecule has 1 heterocycles. The van der Waals surface area contributed by atoms with Crippen LogP contribution in [0.25, 0.3) is 0 Å². The lowest BCUT2D eigenvalue weighted by Gasteiger charge is -2.46. The third kappa shape index (κ3) is 2.13. The van der Waals surface area contributed by atoms with Crippen molar-refractivity contribution in [1.82, 2.24) is 5.32 Å². The van der Waals surface area contributed by atoms with Crippen LogP contribution in [-0.2, 0) is 0 Å². The zero-order chi connectivity index (χ0) is 10.9. The SMILES string of the molecule is CNCC1(C(N)c2ccc(Br)s2)CCC1. The van der Waals surface area contributed by atoms with E-state index in [4.69, 9.17) is 5.73 Å². The monoisotopic (exact) mass is 288 g/mol. The van der Waals surface area contributed by atoms with E-state index in [1.54, 1.807) is 11.3 Å². The lowest BCUT2D eigenvalue weighted by Crippen LogP contribution is -2.46. The Kier molecular flexibility index (Phi) is 3.50. The summed E-state index contributed by atoms with van der Waals surface area (Å²) in [6, 6.07) is 4.43. The van der Waals surface area contributed by atoms with E-state index in [1.807, 2.05) is 7.05 Å². The van der Waals surface area contributed by atoms with E-state index < -0.39 is 0 Å². The van der Waals surface area contributed by atoms with Crippen LogP contribution < -0.4 is 11.1 Å². The molecule has 0 saturated heterocycles. The number of hydrogen-bond donors (Lipinski definition) is 2. The Morgan fingerprint density at radius 1 is 1.60 bits per heavy atom. The molecule has 1 saturated carbocycles. The first-order valence-electron chi connectivity index (χ1n) is 5.33. The van der Waals surface area contributed by atoms with Crippen LogP contribution >= 0.6 is 27.3 Å². The molecule has 15 heavy (non-hydrogen) atoms. The molecule has 1 aromatic heterocycles. The number of nitrogens with one attached hydrogen (secondary N) is 1. The van der Waals surface area contributed by atoms with E-state index in [-0.39, 0.29) is 6.04 Å². The van der Waals surface area contributed by atoms with Crippen molar-refractivity contribution < 1.29 is 0 Å². The molecule has 1 fully saturated rings. The van der Waals surface area contributed by atoms with Gasteiger partial charge in [0.2, 0.25) is 0 Å². The van der Waals surface area contributed by atoms with Crippen LogP contribution in [0.2, 0.25) is 0 Å². The molecule has 2 rings (SSSR count). The van der Waals surface area contributed by atoms with Gasteiger partial charge in [0.05, 0.1) is 3.79 Å². The van der Waals surface area contributed by atoms with Gasteiger partial charge < -0.3 is 11.1 Å². The maximum atomic E-state index is 6.38. The highest BCUT2D eigenvalue weighted by molar-refractivity contribution is 9.11. The van der Waals surface area contributed by atoms with Gasteiger partial charge >= 0.3 is 0 Å². The first-order chi connectivity index (χ1) is 7.18. The summed E-state index contributed by atoms with van der Waals surface area (Å²) in [5.41, 5.74) is 6.69. The number of hydrogen-bond acceptors (Lipinski definition) is 3. The van der Waals surface area contributed by atoms with Crippen molar-refractivity contribution in [2.75, 3.05) is 13.6 Å². The third-order valence-corrected chi connectivity index (χ3v) is 5.15. The minimum atomic E-state index is 0.190. The van der Waals surface area contributed by atoms with Crippen molar-refractivity contribution in [3.05, 3.63) is 20.8 Å². The van der Waals surface area contributed by atoms with Crippen molar-refractivity contribution >= 4 is 27.3 Å². The van der Waals surface area contributed by atoms with Crippen LogP contribution in [0.5, 0.6) is 0 Å². The Balaban J connectivity index is 2.14. The first kappa shape index (κ1) is 11.6. The molecule has 0 amide bonds. The average molecular weight is 289 g/mol. The molecule has 84 valence electrons. The van der Waals surface area contributed by atoms with Crippen LogP contribution in [0.3, 0.4) is 0 Å². The van der Waals surface area contributed by atoms with Crippen molar-refractivity contribution in [3.8, 4) is 0 Å². The highest BCUT2D eigenvalue weighted by Crippen LogP contribution is 2.50. The molecule has 1 aliphatic rings. The Hall–Kier alpha value is 0.1000. The lowest BCUT2D eigenvalue weighted by molar-refractivity contribution is 0.0963. The van der Waals surface area contributed by atoms with E-state index in [0.29, 0.717) is 5.41 Å². The fourth-order valence-electron chi connectivity index (χ4n) is 2.38. The fourth-order valence-corrected chi connectivity index (χ4v) is 3.95. The molecule has 0 aliphatic heterocycles. The molecule has 1 aromatic rings. The van der Waals surface area contributed by atoms with E-state index in [0.717, 1.165) is 6.54 Å². The van der Waals surface area contributed by atoms with Gasteiger partial charge in [-0.1, -0.05) is 6.42 Å². The molecular formula is C11H17BrN2S. The van der Waals surface area contributed by atoms with E-state index in [2.05, 4.69) is 33.4 Å². The Bertz CT molecular complexity index is 333. The third-order valence-electron chi connectivity index (χ3n) is 3.44. The van der Waals surface area contributed by atoms with Crippen LogP contribution in [0.1, 0.15) is 30.2 Å². The standard InChI is InChI=1S/C11H17BrN2S/c1-14-7-11(5-2-6-11)10(13)8-3-4-9(12)15-8/h3-4,10,14H,2,5-7,13H2,1H3. The van der Waals surface area contributed by atoms with Gasteiger partial charge in [0.15, 0.2) is 0 Å². The lowest BCUT2D eigenvalue weighted by atomic mass is 9.64. The van der Waals surface area contributed by atoms with Gasteiger partial charge in [0, 0.05) is 22.9 Å². The fraction of sp³-hybridized carbons (Fsp3) is 0.636. The van der Waals surface area contributed by atoms with Gasteiger partial charge in [-0.25, -0.2) is 0 Å². The molecule has 0 bridgehead atoms. The molecule has 0 aromatic carbocycles. The van der Waals surface area contributed by atoms with Crippen molar-refractivity contribution in [2.24, 2.45) is 11.1 Å². The number of rotatable bonds is 4. The van der Waals surface area contributed by atoms with Crippen LogP contribution in [0, 0.1) is 5.41 Å². The molecular weight excluding hydrogens is 272 g/mol. The summed E-state index contributed by atoms with van der Waals surface area (Å²) in [5, 5.41) is 3.28. The molecule has 2 nitrogen and oxygen atoms in total. The number of halogens is 1. The summed E-state index contributed by atoms with van der Waals surface area (Å²) in [5.74, 6) is 0. The summed E-state index contributed by atoms with van der Waals surface area (Å²) in [7, 11) is 2.01. The summed E-state index contributed by atoms with van der Waals surface area (Å²) in [6.45, 7) is 1.03. The van der Waals surface area contributed by atoms with Crippen molar-refractivity contribution in [2.45, 2.75) is 25.3 Å². The Labute approximate surface area is 103 Å². The first-order valence-corrected chi connectivity index (χ1v) is 6.94. The molecule has 3 N–H and O–H groups in total. The molecule has 1 atom stereocenters. The maximum Gasteiger partial charge on any atom is 0.0701 e. The van der Waals surface area contributed by atoms with Gasteiger partial charge in [-0.15, -0.1) is 11.3 Å². The molecule has 0 spiro atoms. The Morgan fingerprint density at radius 2 is 2.33 bits per heavy atom. The van der Waals surface area contributed by atoms with E-state index in [1.165, 1.54) is 27.9 Å². The van der Waals surface area contributed by atoms with Crippen molar-refractivity contribution in [1.29, 1.82) is 0 Å². The summed E-state index contributed by atoms with van der Waals surface area (Å²) in [6.07, 6.45) is 3.83. The summed E-state index contributed by atoms with van der Waals surface area (Å²) in [4.78, 5) is 1.30. The molecule has 0 radical (unpaired) electrons. The second kappa shape index (κ2) is 4.53. The molecule has 1 aliphatic carbocycles. The topological polar surface area (TPSA) is 38.0 Å². The summed E-state index contributed by atoms with van der Waals surface area (Å²) < 4.78 is 1.17. The maximum absolute atomic E-state index is 6.38. The van der Waals surface area contributed by atoms with Crippen LogP contribution in [-0.4, -0.2) is 13.6 Å². The minimum Gasteiger partial charge on any atom is -0.323 e. The normalized spacial score (nSPS) is 21.0. The van der Waals surface area contributed by atoms with Crippen molar-refractivity contribution in [3.63, 3.8) is 0 Å². The zero-order valence-corrected chi connectivity index (χ0v) is 11.3. The highest BCUT2D eigenvalue weighted by Gasteiger charge is 2.42. The predicted octanol–water partition coefficient (Wildman–Crippen LogP) is 2.90. The number of nitrogens with two attached hydrogens (primary N) is 1. The van der Waals surface area contributed by atoms with Gasteiger partial charge in [-0.3, -0.25) is 0 Å². The van der Waals surface area contributed by atoms with Gasteiger partial charge in [0.1, 0.15) is 0 Å². The molecule has 4 heteroatoms. The largest absolute Gasteiger partial charge is 0.323 e. The highest BCUT2D eigenvalue weighted by atomic mass is 79.9. The quantitative estimate of drug-likeness (QED) is 0.894. The molecule has 1 unspecified atom stereocenters. The zero-order valence-electron chi connectivity index (χ0n) is 8.92. The Morgan fingerprint density at radius 3 is 2.73 bits per heavy atom. The van der Waals surface area contributed by atoms with Gasteiger partial charge in [0.25, 0.3) is 0 Å². The van der Waals surface area contributed by atoms with E-state index >= 15 is 0 Å². The number of thiophene rings is 1.